The van der Waals surface area contributed by atoms with Crippen LogP contribution in [-0.2, 0) is 9.47 Å². The topological polar surface area (TPSA) is 42.9 Å². The summed E-state index contributed by atoms with van der Waals surface area (Å²) < 4.78 is 10.2. The first-order valence-electron chi connectivity index (χ1n) is 5.41. The number of amidine groups is 1. The minimum Gasteiger partial charge on any atom is -0.382 e. The minimum absolute atomic E-state index is 0.677. The maximum absolute atomic E-state index is 5.35. The standard InChI is InChI=1S/C10H20N2O2S/c1-13-7-8-14-6-2-4-11-10-12-5-3-9-15-10/h2-9H2,1H3,(H,11,12). The van der Waals surface area contributed by atoms with Gasteiger partial charge in [0, 0.05) is 32.6 Å². The Bertz CT molecular complexity index is 188. The van der Waals surface area contributed by atoms with E-state index in [1.54, 1.807) is 7.11 Å². The zero-order valence-electron chi connectivity index (χ0n) is 9.33. The first-order valence-corrected chi connectivity index (χ1v) is 6.40. The maximum Gasteiger partial charge on any atom is 0.156 e. The maximum atomic E-state index is 5.35. The molecular weight excluding hydrogens is 212 g/mol. The average molecular weight is 232 g/mol. The first-order chi connectivity index (χ1) is 7.43. The van der Waals surface area contributed by atoms with E-state index in [0.29, 0.717) is 13.2 Å². The van der Waals surface area contributed by atoms with E-state index in [4.69, 9.17) is 9.47 Å². The SMILES string of the molecule is COCCOCCCNC1=NCCCS1. The van der Waals surface area contributed by atoms with Crippen molar-refractivity contribution in [1.82, 2.24) is 5.32 Å². The number of hydrogen-bond acceptors (Lipinski definition) is 5. The second kappa shape index (κ2) is 9.00. The van der Waals surface area contributed by atoms with Crippen molar-refractivity contribution in [3.8, 4) is 0 Å². The lowest BCUT2D eigenvalue weighted by atomic mass is 10.4. The molecule has 0 spiro atoms. The van der Waals surface area contributed by atoms with Gasteiger partial charge in [-0.1, -0.05) is 11.8 Å². The highest BCUT2D eigenvalue weighted by Gasteiger charge is 2.03. The number of aliphatic imine (C=N–C) groups is 1. The number of nitrogens with zero attached hydrogens (tertiary/aromatic N) is 1. The molecule has 88 valence electrons. The Morgan fingerprint density at radius 1 is 1.40 bits per heavy atom. The average Bonchev–Trinajstić information content (AvgIpc) is 2.29. The molecule has 4 nitrogen and oxygen atoms in total. The molecule has 0 fully saturated rings. The van der Waals surface area contributed by atoms with E-state index in [9.17, 15) is 0 Å². The minimum atomic E-state index is 0.677. The smallest absolute Gasteiger partial charge is 0.156 e. The van der Waals surface area contributed by atoms with E-state index >= 15 is 0 Å². The molecule has 0 unspecified atom stereocenters. The van der Waals surface area contributed by atoms with Crippen LogP contribution in [0.1, 0.15) is 12.8 Å². The number of hydrogen-bond donors (Lipinski definition) is 1. The van der Waals surface area contributed by atoms with Crippen LogP contribution in [0.4, 0.5) is 0 Å². The highest BCUT2D eigenvalue weighted by atomic mass is 32.2. The Balaban J connectivity index is 1.86. The lowest BCUT2D eigenvalue weighted by Crippen LogP contribution is -2.25. The summed E-state index contributed by atoms with van der Waals surface area (Å²) in [6.07, 6.45) is 2.22. The molecule has 1 aliphatic heterocycles. The summed E-state index contributed by atoms with van der Waals surface area (Å²) in [7, 11) is 1.68. The van der Waals surface area contributed by atoms with Gasteiger partial charge in [0.15, 0.2) is 5.17 Å². The Labute approximate surface area is 95.8 Å². The fourth-order valence-electron chi connectivity index (χ4n) is 1.18. The summed E-state index contributed by atoms with van der Waals surface area (Å²) in [5.41, 5.74) is 0. The predicted octanol–water partition coefficient (Wildman–Crippen LogP) is 1.12. The van der Waals surface area contributed by atoms with Gasteiger partial charge < -0.3 is 14.8 Å². The van der Waals surface area contributed by atoms with E-state index in [-0.39, 0.29) is 0 Å². The molecule has 5 heteroatoms. The van der Waals surface area contributed by atoms with Crippen molar-refractivity contribution in [2.45, 2.75) is 12.8 Å². The van der Waals surface area contributed by atoms with Gasteiger partial charge in [-0.3, -0.25) is 4.99 Å². The van der Waals surface area contributed by atoms with Crippen molar-refractivity contribution in [2.24, 2.45) is 4.99 Å². The lowest BCUT2D eigenvalue weighted by Gasteiger charge is -2.12. The zero-order chi connectivity index (χ0) is 10.8. The first kappa shape index (κ1) is 12.8. The number of methoxy groups -OCH3 is 1. The van der Waals surface area contributed by atoms with Crippen molar-refractivity contribution >= 4 is 16.9 Å². The van der Waals surface area contributed by atoms with E-state index in [1.165, 1.54) is 12.2 Å². The fraction of sp³-hybridized carbons (Fsp3) is 0.900. The second-order valence-corrected chi connectivity index (χ2v) is 4.36. The van der Waals surface area contributed by atoms with E-state index in [2.05, 4.69) is 10.3 Å². The summed E-state index contributed by atoms with van der Waals surface area (Å²) in [5, 5.41) is 4.41. The van der Waals surface area contributed by atoms with Gasteiger partial charge in [0.2, 0.25) is 0 Å². The lowest BCUT2D eigenvalue weighted by molar-refractivity contribution is 0.0699. The summed E-state index contributed by atoms with van der Waals surface area (Å²) in [6, 6.07) is 0. The van der Waals surface area contributed by atoms with Gasteiger partial charge in [-0.2, -0.15) is 0 Å². The van der Waals surface area contributed by atoms with E-state index in [1.807, 2.05) is 11.8 Å². The Hall–Kier alpha value is -0.260. The molecule has 0 aromatic heterocycles. The van der Waals surface area contributed by atoms with E-state index in [0.717, 1.165) is 31.3 Å². The molecule has 1 heterocycles. The van der Waals surface area contributed by atoms with Gasteiger partial charge >= 0.3 is 0 Å². The molecule has 0 saturated carbocycles. The normalized spacial score (nSPS) is 16.2. The highest BCUT2D eigenvalue weighted by molar-refractivity contribution is 8.13. The second-order valence-electron chi connectivity index (χ2n) is 3.27. The van der Waals surface area contributed by atoms with Crippen molar-refractivity contribution in [3.05, 3.63) is 0 Å². The van der Waals surface area contributed by atoms with Crippen LogP contribution in [0.5, 0.6) is 0 Å². The number of thioether (sulfide) groups is 1. The number of rotatable bonds is 7. The molecule has 15 heavy (non-hydrogen) atoms. The van der Waals surface area contributed by atoms with Crippen molar-refractivity contribution in [2.75, 3.05) is 45.8 Å². The van der Waals surface area contributed by atoms with Gasteiger partial charge in [0.1, 0.15) is 0 Å². The third-order valence-corrected chi connectivity index (χ3v) is 3.01. The third-order valence-electron chi connectivity index (χ3n) is 1.97. The van der Waals surface area contributed by atoms with Gasteiger partial charge in [-0.15, -0.1) is 0 Å². The molecule has 1 aliphatic rings. The van der Waals surface area contributed by atoms with Gasteiger partial charge in [0.25, 0.3) is 0 Å². The summed E-state index contributed by atoms with van der Waals surface area (Å²) in [5.74, 6) is 1.19. The molecule has 0 atom stereocenters. The molecule has 1 rings (SSSR count). The predicted molar refractivity (Wildman–Crippen MR) is 64.7 cm³/mol. The Kier molecular flexibility index (Phi) is 7.69. The third kappa shape index (κ3) is 6.76. The van der Waals surface area contributed by atoms with Crippen LogP contribution in [0.15, 0.2) is 4.99 Å². The quantitative estimate of drug-likeness (QED) is 0.668. The Morgan fingerprint density at radius 3 is 3.07 bits per heavy atom. The van der Waals surface area contributed by atoms with Gasteiger partial charge in [0.05, 0.1) is 13.2 Å². The molecule has 0 aliphatic carbocycles. The molecule has 0 aromatic carbocycles. The van der Waals surface area contributed by atoms with Crippen LogP contribution in [0.2, 0.25) is 0 Å². The zero-order valence-corrected chi connectivity index (χ0v) is 10.1. The largest absolute Gasteiger partial charge is 0.382 e. The highest BCUT2D eigenvalue weighted by Crippen LogP contribution is 2.09. The summed E-state index contributed by atoms with van der Waals surface area (Å²) in [6.45, 7) is 4.06. The van der Waals surface area contributed by atoms with Crippen molar-refractivity contribution in [1.29, 1.82) is 0 Å². The molecular formula is C10H20N2O2S. The van der Waals surface area contributed by atoms with Crippen LogP contribution in [0.3, 0.4) is 0 Å². The summed E-state index contributed by atoms with van der Waals surface area (Å²) in [4.78, 5) is 4.38. The van der Waals surface area contributed by atoms with Crippen molar-refractivity contribution in [3.63, 3.8) is 0 Å². The van der Waals surface area contributed by atoms with E-state index < -0.39 is 0 Å². The van der Waals surface area contributed by atoms with Crippen LogP contribution < -0.4 is 5.32 Å². The van der Waals surface area contributed by atoms with Crippen LogP contribution in [0.25, 0.3) is 0 Å². The number of nitrogens with one attached hydrogen (secondary N) is 1. The van der Waals surface area contributed by atoms with Crippen LogP contribution in [-0.4, -0.2) is 50.9 Å². The molecule has 0 aromatic rings. The molecule has 0 amide bonds. The molecule has 0 bridgehead atoms. The van der Waals surface area contributed by atoms with Crippen molar-refractivity contribution < 1.29 is 9.47 Å². The molecule has 0 saturated heterocycles. The summed E-state index contributed by atoms with van der Waals surface area (Å²) >= 11 is 1.81. The number of ether oxygens (including phenoxy) is 2. The van der Waals surface area contributed by atoms with Crippen LogP contribution in [0, 0.1) is 0 Å². The molecule has 0 radical (unpaired) electrons. The van der Waals surface area contributed by atoms with Gasteiger partial charge in [-0.25, -0.2) is 0 Å². The Morgan fingerprint density at radius 2 is 2.33 bits per heavy atom. The van der Waals surface area contributed by atoms with Crippen LogP contribution >= 0.6 is 11.8 Å². The fourth-order valence-corrected chi connectivity index (χ4v) is 2.03. The van der Waals surface area contributed by atoms with Gasteiger partial charge in [-0.05, 0) is 12.8 Å². The monoisotopic (exact) mass is 232 g/mol. The molecule has 1 N–H and O–H groups in total.